The Kier molecular flexibility index (Phi) is 6.53. The van der Waals surface area contributed by atoms with Crippen molar-refractivity contribution in [2.75, 3.05) is 17.2 Å². The number of carbonyl (C=O) groups is 2. The van der Waals surface area contributed by atoms with E-state index < -0.39 is 6.03 Å². The van der Waals surface area contributed by atoms with Crippen molar-refractivity contribution in [1.82, 2.24) is 15.5 Å². The van der Waals surface area contributed by atoms with Gasteiger partial charge in [-0.2, -0.15) is 0 Å². The number of rotatable bonds is 7. The van der Waals surface area contributed by atoms with Gasteiger partial charge in [0.05, 0.1) is 18.8 Å². The predicted octanol–water partition coefficient (Wildman–Crippen LogP) is 3.51. The van der Waals surface area contributed by atoms with Crippen molar-refractivity contribution in [2.24, 2.45) is 0 Å². The molecule has 144 valence electrons. The van der Waals surface area contributed by atoms with Gasteiger partial charge in [-0.1, -0.05) is 41.7 Å². The lowest BCUT2D eigenvalue weighted by Crippen LogP contribution is -2.28. The summed E-state index contributed by atoms with van der Waals surface area (Å²) in [5.41, 5.74) is 1.25. The van der Waals surface area contributed by atoms with E-state index in [0.29, 0.717) is 28.7 Å². The van der Waals surface area contributed by atoms with Crippen LogP contribution in [0.2, 0.25) is 0 Å². The molecular formula is C19H19N5O3S. The smallest absolute Gasteiger partial charge is 0.319 e. The van der Waals surface area contributed by atoms with Crippen LogP contribution in [0.1, 0.15) is 21.7 Å². The minimum Gasteiger partial charge on any atom is -0.492 e. The van der Waals surface area contributed by atoms with Gasteiger partial charge < -0.3 is 20.7 Å². The average molecular weight is 397 g/mol. The first-order chi connectivity index (χ1) is 13.7. The number of amides is 3. The zero-order valence-electron chi connectivity index (χ0n) is 15.1. The van der Waals surface area contributed by atoms with Gasteiger partial charge in [0, 0.05) is 5.69 Å². The predicted molar refractivity (Wildman–Crippen MR) is 108 cm³/mol. The van der Waals surface area contributed by atoms with Crippen molar-refractivity contribution >= 4 is 34.6 Å². The van der Waals surface area contributed by atoms with E-state index in [0.717, 1.165) is 11.3 Å². The van der Waals surface area contributed by atoms with Crippen LogP contribution in [0.25, 0.3) is 0 Å². The molecule has 0 saturated heterocycles. The highest BCUT2D eigenvalue weighted by molar-refractivity contribution is 7.13. The average Bonchev–Trinajstić information content (AvgIpc) is 3.18. The number of anilines is 2. The maximum atomic E-state index is 12.2. The van der Waals surface area contributed by atoms with E-state index in [9.17, 15) is 9.59 Å². The molecule has 0 aliphatic heterocycles. The number of carbonyl (C=O) groups excluding carboxylic acids is 2. The van der Waals surface area contributed by atoms with Gasteiger partial charge in [-0.3, -0.25) is 4.79 Å². The van der Waals surface area contributed by atoms with E-state index >= 15 is 0 Å². The number of hydrogen-bond donors (Lipinski definition) is 3. The zero-order valence-corrected chi connectivity index (χ0v) is 16.0. The Hall–Kier alpha value is -3.46. The highest BCUT2D eigenvalue weighted by Gasteiger charge is 2.14. The van der Waals surface area contributed by atoms with Gasteiger partial charge in [-0.15, -0.1) is 10.2 Å². The molecule has 3 aromatic rings. The number of benzene rings is 2. The molecule has 3 amide bonds. The molecule has 0 saturated carbocycles. The van der Waals surface area contributed by atoms with E-state index in [-0.39, 0.29) is 17.5 Å². The Balaban J connectivity index is 1.53. The molecular weight excluding hydrogens is 378 g/mol. The van der Waals surface area contributed by atoms with Gasteiger partial charge in [-0.25, -0.2) is 4.79 Å². The van der Waals surface area contributed by atoms with Crippen LogP contribution in [0.4, 0.5) is 16.2 Å². The summed E-state index contributed by atoms with van der Waals surface area (Å²) >= 11 is 1.12. The third kappa shape index (κ3) is 5.27. The van der Waals surface area contributed by atoms with E-state index in [1.54, 1.807) is 30.3 Å². The molecule has 3 N–H and O–H groups in total. The lowest BCUT2D eigenvalue weighted by atomic mass is 10.3. The van der Waals surface area contributed by atoms with Crippen LogP contribution in [0.3, 0.4) is 0 Å². The van der Waals surface area contributed by atoms with E-state index in [1.165, 1.54) is 0 Å². The Labute approximate surface area is 166 Å². The molecule has 0 aliphatic rings. The second-order valence-electron chi connectivity index (χ2n) is 5.56. The monoisotopic (exact) mass is 397 g/mol. The molecule has 1 heterocycles. The molecule has 0 atom stereocenters. The summed E-state index contributed by atoms with van der Waals surface area (Å²) in [6.45, 7) is 2.52. The Morgan fingerprint density at radius 1 is 1.00 bits per heavy atom. The van der Waals surface area contributed by atoms with Crippen LogP contribution in [-0.4, -0.2) is 28.7 Å². The topological polar surface area (TPSA) is 105 Å². The second-order valence-corrected chi connectivity index (χ2v) is 6.62. The van der Waals surface area contributed by atoms with Gasteiger partial charge >= 0.3 is 6.03 Å². The lowest BCUT2D eigenvalue weighted by molar-refractivity contribution is 0.102. The standard InChI is InChI=1S/C19H19N5O3S/c1-2-27-15-11-7-6-10-14(15)22-19(26)20-12-16-23-24-18(28-16)17(25)21-13-8-4-3-5-9-13/h3-11H,2,12H2,1H3,(H,21,25)(H2,20,22,26). The Morgan fingerprint density at radius 2 is 1.75 bits per heavy atom. The molecule has 0 bridgehead atoms. The van der Waals surface area contributed by atoms with Crippen LogP contribution < -0.4 is 20.7 Å². The molecule has 28 heavy (non-hydrogen) atoms. The SMILES string of the molecule is CCOc1ccccc1NC(=O)NCc1nnc(C(=O)Nc2ccccc2)s1. The van der Waals surface area contributed by atoms with Crippen molar-refractivity contribution in [2.45, 2.75) is 13.5 Å². The Morgan fingerprint density at radius 3 is 2.54 bits per heavy atom. The summed E-state index contributed by atoms with van der Waals surface area (Å²) in [5, 5.41) is 16.7. The maximum absolute atomic E-state index is 12.2. The number of nitrogens with one attached hydrogen (secondary N) is 3. The van der Waals surface area contributed by atoms with E-state index in [1.807, 2.05) is 31.2 Å². The van der Waals surface area contributed by atoms with Crippen molar-refractivity contribution in [3.8, 4) is 5.75 Å². The highest BCUT2D eigenvalue weighted by Crippen LogP contribution is 2.23. The van der Waals surface area contributed by atoms with E-state index in [2.05, 4.69) is 26.1 Å². The number of urea groups is 1. The summed E-state index contributed by atoms with van der Waals surface area (Å²) in [7, 11) is 0. The summed E-state index contributed by atoms with van der Waals surface area (Å²) < 4.78 is 5.47. The number of ether oxygens (including phenoxy) is 1. The summed E-state index contributed by atoms with van der Waals surface area (Å²) in [6, 6.07) is 15.8. The fraction of sp³-hybridized carbons (Fsp3) is 0.158. The zero-order chi connectivity index (χ0) is 19.8. The van der Waals surface area contributed by atoms with Gasteiger partial charge in [0.1, 0.15) is 10.8 Å². The number of hydrogen-bond acceptors (Lipinski definition) is 6. The molecule has 2 aromatic carbocycles. The van der Waals surface area contributed by atoms with Crippen LogP contribution >= 0.6 is 11.3 Å². The van der Waals surface area contributed by atoms with Crippen molar-refractivity contribution < 1.29 is 14.3 Å². The first-order valence-electron chi connectivity index (χ1n) is 8.61. The minimum absolute atomic E-state index is 0.152. The molecule has 9 heteroatoms. The molecule has 0 fully saturated rings. The fourth-order valence-corrected chi connectivity index (χ4v) is 2.97. The Bertz CT molecular complexity index is 946. The van der Waals surface area contributed by atoms with Crippen LogP contribution in [0, 0.1) is 0 Å². The quantitative estimate of drug-likeness (QED) is 0.566. The number of para-hydroxylation sites is 3. The fourth-order valence-electron chi connectivity index (χ4n) is 2.30. The van der Waals surface area contributed by atoms with Crippen LogP contribution in [0.5, 0.6) is 5.75 Å². The molecule has 0 unspecified atom stereocenters. The molecule has 0 aliphatic carbocycles. The number of aromatic nitrogens is 2. The van der Waals surface area contributed by atoms with Crippen LogP contribution in [0.15, 0.2) is 54.6 Å². The summed E-state index contributed by atoms with van der Waals surface area (Å²) in [4.78, 5) is 24.3. The van der Waals surface area contributed by atoms with Crippen LogP contribution in [-0.2, 0) is 6.54 Å². The second kappa shape index (κ2) is 9.47. The van der Waals surface area contributed by atoms with Crippen molar-refractivity contribution in [3.63, 3.8) is 0 Å². The molecule has 0 spiro atoms. The minimum atomic E-state index is -0.405. The lowest BCUT2D eigenvalue weighted by Gasteiger charge is -2.11. The first-order valence-corrected chi connectivity index (χ1v) is 9.43. The molecule has 1 aromatic heterocycles. The van der Waals surface area contributed by atoms with Gasteiger partial charge in [0.15, 0.2) is 0 Å². The first kappa shape index (κ1) is 19.3. The third-order valence-corrected chi connectivity index (χ3v) is 4.45. The largest absolute Gasteiger partial charge is 0.492 e. The summed E-state index contributed by atoms with van der Waals surface area (Å²) in [5.74, 6) is 0.251. The van der Waals surface area contributed by atoms with Crippen molar-refractivity contribution in [3.05, 3.63) is 64.6 Å². The summed E-state index contributed by atoms with van der Waals surface area (Å²) in [6.07, 6.45) is 0. The third-order valence-electron chi connectivity index (χ3n) is 3.53. The number of nitrogens with zero attached hydrogens (tertiary/aromatic N) is 2. The van der Waals surface area contributed by atoms with Gasteiger partial charge in [0.25, 0.3) is 5.91 Å². The molecule has 3 rings (SSSR count). The van der Waals surface area contributed by atoms with Gasteiger partial charge in [0.2, 0.25) is 5.01 Å². The van der Waals surface area contributed by atoms with Crippen molar-refractivity contribution in [1.29, 1.82) is 0 Å². The maximum Gasteiger partial charge on any atom is 0.319 e. The van der Waals surface area contributed by atoms with Gasteiger partial charge in [-0.05, 0) is 31.2 Å². The molecule has 8 nitrogen and oxygen atoms in total. The highest BCUT2D eigenvalue weighted by atomic mass is 32.1. The molecule has 0 radical (unpaired) electrons. The van der Waals surface area contributed by atoms with E-state index in [4.69, 9.17) is 4.74 Å². The normalized spacial score (nSPS) is 10.2.